The molecule has 0 aliphatic heterocycles. The largest absolute Gasteiger partial charge is 0.344 e. The van der Waals surface area contributed by atoms with Crippen molar-refractivity contribution in [2.75, 3.05) is 48.3 Å². The monoisotopic (exact) mass is 613 g/mol. The number of carbonyl (C=O) groups excluding carboxylic acids is 3. The van der Waals surface area contributed by atoms with E-state index in [0.29, 0.717) is 25.8 Å². The minimum Gasteiger partial charge on any atom is -0.344 e. The summed E-state index contributed by atoms with van der Waals surface area (Å²) in [5.74, 6) is -0.710. The van der Waals surface area contributed by atoms with Crippen LogP contribution in [-0.2, 0) is 27.2 Å². The van der Waals surface area contributed by atoms with E-state index in [1.807, 2.05) is 94.7 Å². The zero-order valence-corrected chi connectivity index (χ0v) is 28.1. The van der Waals surface area contributed by atoms with Gasteiger partial charge in [-0.3, -0.25) is 14.4 Å². The summed E-state index contributed by atoms with van der Waals surface area (Å²) >= 11 is 0. The zero-order chi connectivity index (χ0) is 33.1. The van der Waals surface area contributed by atoms with E-state index in [9.17, 15) is 14.4 Å². The van der Waals surface area contributed by atoms with Gasteiger partial charge in [0.1, 0.15) is 12.1 Å². The Kier molecular flexibility index (Phi) is 12.9. The van der Waals surface area contributed by atoms with Gasteiger partial charge in [0.25, 0.3) is 0 Å². The number of likely N-dealkylation sites (N-methyl/N-ethyl adjacent to an activating group) is 3. The number of amides is 3. The molecule has 2 N–H and O–H groups in total. The number of fused-ring (bicyclic) bond motifs is 1. The van der Waals surface area contributed by atoms with Crippen LogP contribution in [0.25, 0.3) is 10.8 Å². The van der Waals surface area contributed by atoms with E-state index in [0.717, 1.165) is 34.9 Å². The van der Waals surface area contributed by atoms with Crippen molar-refractivity contribution in [1.82, 2.24) is 19.6 Å². The first kappa shape index (κ1) is 35.5. The van der Waals surface area contributed by atoms with Crippen LogP contribution < -0.4 is 5.73 Å². The number of benzene rings is 3. The van der Waals surface area contributed by atoms with Gasteiger partial charge in [-0.2, -0.15) is 0 Å². The molecule has 0 saturated heterocycles. The Hall–Kier alpha value is -4.01. The standard InChI is InChI=1S/C37H51N5O3/c1-37(2,38)22-13-19-34(43)41(6)33(27-29-20-21-30-17-11-12-18-31(30)25-29)36(45)42(7)32(26-28-15-9-8-10-16-28)35(44)40(5)24-14-23-39(3)4/h8-13,15-21,25,32-33H,14,22-24,26-27,38H2,1-7H3/t32-,33-/m1/s1. The molecule has 0 bridgehead atoms. The zero-order valence-electron chi connectivity index (χ0n) is 28.1. The van der Waals surface area contributed by atoms with Crippen LogP contribution in [0, 0.1) is 0 Å². The Morgan fingerprint density at radius 1 is 0.733 bits per heavy atom. The van der Waals surface area contributed by atoms with Gasteiger partial charge >= 0.3 is 0 Å². The predicted molar refractivity (Wildman–Crippen MR) is 184 cm³/mol. The molecular weight excluding hydrogens is 562 g/mol. The molecule has 3 rings (SSSR count). The van der Waals surface area contributed by atoms with E-state index in [4.69, 9.17) is 5.73 Å². The summed E-state index contributed by atoms with van der Waals surface area (Å²) in [6.45, 7) is 5.22. The maximum atomic E-state index is 14.5. The Morgan fingerprint density at radius 3 is 1.98 bits per heavy atom. The molecule has 3 amide bonds. The third kappa shape index (κ3) is 10.8. The van der Waals surface area contributed by atoms with E-state index < -0.39 is 17.6 Å². The third-order valence-corrected chi connectivity index (χ3v) is 8.09. The molecule has 8 heteroatoms. The van der Waals surface area contributed by atoms with Gasteiger partial charge in [-0.05, 0) is 75.3 Å². The van der Waals surface area contributed by atoms with Gasteiger partial charge < -0.3 is 25.3 Å². The summed E-state index contributed by atoms with van der Waals surface area (Å²) in [6, 6.07) is 22.3. The highest BCUT2D eigenvalue weighted by Crippen LogP contribution is 2.21. The molecule has 3 aromatic rings. The lowest BCUT2D eigenvalue weighted by Gasteiger charge is -2.36. The molecule has 242 valence electrons. The van der Waals surface area contributed by atoms with E-state index in [2.05, 4.69) is 11.0 Å². The highest BCUT2D eigenvalue weighted by Gasteiger charge is 2.35. The fourth-order valence-corrected chi connectivity index (χ4v) is 5.32. The van der Waals surface area contributed by atoms with Gasteiger partial charge in [-0.25, -0.2) is 0 Å². The topological polar surface area (TPSA) is 90.2 Å². The molecule has 0 aliphatic rings. The van der Waals surface area contributed by atoms with Gasteiger partial charge in [-0.15, -0.1) is 0 Å². The summed E-state index contributed by atoms with van der Waals surface area (Å²) in [7, 11) is 9.14. The fraction of sp³-hybridized carbons (Fsp3) is 0.432. The molecule has 0 radical (unpaired) electrons. The Bertz CT molecular complexity index is 1450. The number of nitrogens with two attached hydrogens (primary N) is 1. The molecule has 0 aliphatic carbocycles. The van der Waals surface area contributed by atoms with Crippen molar-refractivity contribution in [1.29, 1.82) is 0 Å². The summed E-state index contributed by atoms with van der Waals surface area (Å²) in [5.41, 5.74) is 7.54. The van der Waals surface area contributed by atoms with Gasteiger partial charge in [0.15, 0.2) is 0 Å². The highest BCUT2D eigenvalue weighted by molar-refractivity contribution is 5.95. The quantitative estimate of drug-likeness (QED) is 0.257. The molecular formula is C37H51N5O3. The first-order valence-corrected chi connectivity index (χ1v) is 15.7. The molecule has 0 heterocycles. The van der Waals surface area contributed by atoms with Gasteiger partial charge in [0, 0.05) is 46.1 Å². The van der Waals surface area contributed by atoms with E-state index in [1.54, 1.807) is 37.0 Å². The molecule has 0 aromatic heterocycles. The van der Waals surface area contributed by atoms with Crippen molar-refractivity contribution < 1.29 is 14.4 Å². The number of hydrogen-bond donors (Lipinski definition) is 1. The van der Waals surface area contributed by atoms with Crippen LogP contribution >= 0.6 is 0 Å². The predicted octanol–water partition coefficient (Wildman–Crippen LogP) is 4.37. The van der Waals surface area contributed by atoms with Crippen LogP contribution in [0.5, 0.6) is 0 Å². The first-order valence-electron chi connectivity index (χ1n) is 15.7. The van der Waals surface area contributed by atoms with Crippen molar-refractivity contribution in [3.8, 4) is 0 Å². The average molecular weight is 614 g/mol. The van der Waals surface area contributed by atoms with Crippen molar-refractivity contribution in [3.63, 3.8) is 0 Å². The normalized spacial score (nSPS) is 13.2. The van der Waals surface area contributed by atoms with Crippen LogP contribution in [0.2, 0.25) is 0 Å². The Balaban J connectivity index is 1.95. The van der Waals surface area contributed by atoms with E-state index in [-0.39, 0.29) is 17.7 Å². The maximum Gasteiger partial charge on any atom is 0.246 e. The molecule has 0 spiro atoms. The second-order valence-electron chi connectivity index (χ2n) is 13.0. The second-order valence-corrected chi connectivity index (χ2v) is 13.0. The molecule has 3 aromatic carbocycles. The SMILES string of the molecule is CN(C)CCCN(C)C(=O)[C@@H](Cc1ccccc1)N(C)C(=O)[C@@H](Cc1ccc2ccccc2c1)N(C)C(=O)C=CCC(C)(C)N. The number of nitrogens with zero attached hydrogens (tertiary/aromatic N) is 4. The summed E-state index contributed by atoms with van der Waals surface area (Å²) in [6.07, 6.45) is 5.25. The van der Waals surface area contributed by atoms with Crippen LogP contribution in [0.1, 0.15) is 37.8 Å². The van der Waals surface area contributed by atoms with Crippen molar-refractivity contribution in [2.24, 2.45) is 5.73 Å². The van der Waals surface area contributed by atoms with Crippen LogP contribution in [-0.4, -0.2) is 103 Å². The van der Waals surface area contributed by atoms with Gasteiger partial charge in [0.2, 0.25) is 17.7 Å². The Labute approximate surface area is 269 Å². The highest BCUT2D eigenvalue weighted by atomic mass is 16.2. The fourth-order valence-electron chi connectivity index (χ4n) is 5.32. The molecule has 45 heavy (non-hydrogen) atoms. The number of rotatable bonds is 15. The van der Waals surface area contributed by atoms with Crippen molar-refractivity contribution in [3.05, 3.63) is 96.1 Å². The first-order chi connectivity index (χ1) is 21.3. The maximum absolute atomic E-state index is 14.5. The number of hydrogen-bond acceptors (Lipinski definition) is 5. The molecule has 2 atom stereocenters. The Morgan fingerprint density at radius 2 is 1.33 bits per heavy atom. The molecule has 8 nitrogen and oxygen atoms in total. The third-order valence-electron chi connectivity index (χ3n) is 8.09. The lowest BCUT2D eigenvalue weighted by Crippen LogP contribution is -2.56. The van der Waals surface area contributed by atoms with Gasteiger partial charge in [0.05, 0.1) is 0 Å². The average Bonchev–Trinajstić information content (AvgIpc) is 3.00. The molecule has 0 fully saturated rings. The minimum atomic E-state index is -0.829. The van der Waals surface area contributed by atoms with Crippen LogP contribution in [0.15, 0.2) is 84.9 Å². The molecule has 0 unspecified atom stereocenters. The van der Waals surface area contributed by atoms with Crippen LogP contribution in [0.4, 0.5) is 0 Å². The van der Waals surface area contributed by atoms with Crippen molar-refractivity contribution >= 4 is 28.5 Å². The van der Waals surface area contributed by atoms with E-state index in [1.165, 1.54) is 11.0 Å². The lowest BCUT2D eigenvalue weighted by atomic mass is 9.98. The summed E-state index contributed by atoms with van der Waals surface area (Å²) in [4.78, 5) is 48.7. The molecule has 0 saturated carbocycles. The van der Waals surface area contributed by atoms with E-state index >= 15 is 0 Å². The lowest BCUT2D eigenvalue weighted by molar-refractivity contribution is -0.148. The van der Waals surface area contributed by atoms with Crippen LogP contribution in [0.3, 0.4) is 0 Å². The number of carbonyl (C=O) groups is 3. The summed E-state index contributed by atoms with van der Waals surface area (Å²) in [5, 5.41) is 2.16. The smallest absolute Gasteiger partial charge is 0.246 e. The second kappa shape index (κ2) is 16.3. The minimum absolute atomic E-state index is 0.128. The van der Waals surface area contributed by atoms with Crippen molar-refractivity contribution in [2.45, 2.75) is 57.2 Å². The summed E-state index contributed by atoms with van der Waals surface area (Å²) < 4.78 is 0. The van der Waals surface area contributed by atoms with Gasteiger partial charge in [-0.1, -0.05) is 78.9 Å².